The lowest BCUT2D eigenvalue weighted by atomic mass is 9.91. The van der Waals surface area contributed by atoms with Gasteiger partial charge in [-0.1, -0.05) is 12.8 Å². The fourth-order valence-electron chi connectivity index (χ4n) is 3.46. The molecule has 0 radical (unpaired) electrons. The summed E-state index contributed by atoms with van der Waals surface area (Å²) in [6.45, 7) is 0. The second kappa shape index (κ2) is 7.64. The maximum absolute atomic E-state index is 13.0. The lowest BCUT2D eigenvalue weighted by molar-refractivity contribution is -0.133. The second-order valence-electron chi connectivity index (χ2n) is 6.95. The normalized spacial score (nSPS) is 20.0. The summed E-state index contributed by atoms with van der Waals surface area (Å²) in [4.78, 5) is 16.2. The van der Waals surface area contributed by atoms with Crippen molar-refractivity contribution in [3.05, 3.63) is 40.3 Å². The molecule has 1 fully saturated rings. The highest BCUT2D eigenvalue weighted by Crippen LogP contribution is 2.39. The molecule has 0 saturated heterocycles. The van der Waals surface area contributed by atoms with E-state index in [1.807, 2.05) is 0 Å². The molecule has 29 heavy (non-hydrogen) atoms. The van der Waals surface area contributed by atoms with Crippen LogP contribution in [0.15, 0.2) is 29.9 Å². The summed E-state index contributed by atoms with van der Waals surface area (Å²) in [7, 11) is 0. The van der Waals surface area contributed by atoms with Crippen LogP contribution in [0.25, 0.3) is 5.65 Å². The van der Waals surface area contributed by atoms with Crippen LogP contribution in [0.1, 0.15) is 40.9 Å². The van der Waals surface area contributed by atoms with E-state index in [0.29, 0.717) is 17.2 Å². The molecule has 4 N–H and O–H groups in total. The molecule has 1 saturated carbocycles. The van der Waals surface area contributed by atoms with Crippen molar-refractivity contribution >= 4 is 34.4 Å². The number of anilines is 2. The highest BCUT2D eigenvalue weighted by Gasteiger charge is 2.35. The number of carbonyl (C=O) groups is 1. The van der Waals surface area contributed by atoms with E-state index < -0.39 is 17.0 Å². The molecule has 0 aromatic carbocycles. The number of aromatic nitrogens is 3. The fraction of sp³-hybridized carbons (Fsp3) is 0.389. The van der Waals surface area contributed by atoms with Gasteiger partial charge in [0.05, 0.1) is 11.9 Å². The Kier molecular flexibility index (Phi) is 5.17. The van der Waals surface area contributed by atoms with Gasteiger partial charge in [-0.3, -0.25) is 4.79 Å². The first-order valence-corrected chi connectivity index (χ1v) is 10.0. The van der Waals surface area contributed by atoms with E-state index in [0.717, 1.165) is 25.7 Å². The van der Waals surface area contributed by atoms with Crippen LogP contribution in [0, 0.1) is 0 Å². The number of alkyl halides is 3. The molecule has 7 nitrogen and oxygen atoms in total. The highest BCUT2D eigenvalue weighted by atomic mass is 32.1. The summed E-state index contributed by atoms with van der Waals surface area (Å²) in [5.74, 6) is -0.163. The van der Waals surface area contributed by atoms with Crippen molar-refractivity contribution in [2.75, 3.05) is 10.6 Å². The molecule has 3 heterocycles. The predicted octanol–water partition coefficient (Wildman–Crippen LogP) is 3.74. The Hall–Kier alpha value is -2.66. The van der Waals surface area contributed by atoms with Gasteiger partial charge < -0.3 is 16.4 Å². The third kappa shape index (κ3) is 4.06. The average Bonchev–Trinajstić information content (AvgIpc) is 3.30. The van der Waals surface area contributed by atoms with Gasteiger partial charge in [0, 0.05) is 18.3 Å². The Bertz CT molecular complexity index is 1030. The van der Waals surface area contributed by atoms with Gasteiger partial charge in [-0.05, 0) is 30.4 Å². The van der Waals surface area contributed by atoms with Crippen molar-refractivity contribution in [2.45, 2.75) is 43.9 Å². The Morgan fingerprint density at radius 3 is 2.83 bits per heavy atom. The molecule has 1 aliphatic rings. The van der Waals surface area contributed by atoms with Crippen molar-refractivity contribution in [1.82, 2.24) is 14.6 Å². The van der Waals surface area contributed by atoms with Crippen LogP contribution in [0.3, 0.4) is 0 Å². The van der Waals surface area contributed by atoms with Crippen molar-refractivity contribution in [2.24, 2.45) is 5.73 Å². The van der Waals surface area contributed by atoms with E-state index in [1.165, 1.54) is 22.2 Å². The summed E-state index contributed by atoms with van der Waals surface area (Å²) < 4.78 is 40.5. The third-order valence-electron chi connectivity index (χ3n) is 4.94. The minimum Gasteiger partial charge on any atom is -0.366 e. The number of nitrogens with zero attached hydrogens (tertiary/aromatic N) is 3. The molecular formula is C18H19F3N6OS. The largest absolute Gasteiger partial charge is 0.427 e. The van der Waals surface area contributed by atoms with Crippen LogP contribution in [0.5, 0.6) is 0 Å². The lowest BCUT2D eigenvalue weighted by Gasteiger charge is -2.29. The van der Waals surface area contributed by atoms with Crippen LogP contribution >= 0.6 is 11.3 Å². The zero-order valence-corrected chi connectivity index (χ0v) is 16.1. The molecule has 0 aliphatic heterocycles. The number of amides is 1. The molecule has 0 spiro atoms. The molecule has 3 aromatic heterocycles. The minimum absolute atomic E-state index is 0.0221. The van der Waals surface area contributed by atoms with E-state index in [1.54, 1.807) is 12.3 Å². The molecule has 4 rings (SSSR count). The van der Waals surface area contributed by atoms with Crippen molar-refractivity contribution in [3.8, 4) is 0 Å². The van der Waals surface area contributed by atoms with Crippen LogP contribution in [-0.2, 0) is 6.18 Å². The molecular weight excluding hydrogens is 405 g/mol. The Morgan fingerprint density at radius 1 is 1.28 bits per heavy atom. The van der Waals surface area contributed by atoms with Gasteiger partial charge in [-0.25, -0.2) is 9.50 Å². The molecule has 1 amide bonds. The topological polar surface area (TPSA) is 97.3 Å². The molecule has 0 unspecified atom stereocenters. The molecule has 154 valence electrons. The SMILES string of the molecule is N[C@H]1CCCC[C@H]1Nc1ccn2ncc(C(=O)Nc3ccsc3C(F)(F)F)c2n1. The molecule has 0 bridgehead atoms. The van der Waals surface area contributed by atoms with E-state index in [4.69, 9.17) is 5.73 Å². The summed E-state index contributed by atoms with van der Waals surface area (Å²) in [6.07, 6.45) is 2.43. The molecule has 3 aromatic rings. The van der Waals surface area contributed by atoms with E-state index in [2.05, 4.69) is 20.7 Å². The van der Waals surface area contributed by atoms with Crippen LogP contribution in [0.2, 0.25) is 0 Å². The first-order valence-electron chi connectivity index (χ1n) is 9.15. The number of rotatable bonds is 4. The number of nitrogens with one attached hydrogen (secondary N) is 2. The van der Waals surface area contributed by atoms with E-state index >= 15 is 0 Å². The van der Waals surface area contributed by atoms with Gasteiger partial charge in [0.25, 0.3) is 5.91 Å². The number of hydrogen-bond acceptors (Lipinski definition) is 6. The Morgan fingerprint density at radius 2 is 2.07 bits per heavy atom. The first kappa shape index (κ1) is 19.6. The monoisotopic (exact) mass is 424 g/mol. The second-order valence-corrected chi connectivity index (χ2v) is 7.87. The molecule has 1 aliphatic carbocycles. The summed E-state index contributed by atoms with van der Waals surface area (Å²) >= 11 is 0.523. The average molecular weight is 424 g/mol. The quantitative estimate of drug-likeness (QED) is 0.593. The maximum atomic E-state index is 13.0. The number of halogens is 3. The van der Waals surface area contributed by atoms with Gasteiger partial charge in [0.2, 0.25) is 0 Å². The maximum Gasteiger partial charge on any atom is 0.427 e. The number of hydrogen-bond donors (Lipinski definition) is 3. The first-order chi connectivity index (χ1) is 13.8. The van der Waals surface area contributed by atoms with E-state index in [9.17, 15) is 18.0 Å². The minimum atomic E-state index is -4.54. The summed E-state index contributed by atoms with van der Waals surface area (Å²) in [5.41, 5.74) is 6.21. The Labute approximate surface area is 168 Å². The number of carbonyl (C=O) groups excluding carboxylic acids is 1. The van der Waals surface area contributed by atoms with Crippen LogP contribution < -0.4 is 16.4 Å². The lowest BCUT2D eigenvalue weighted by Crippen LogP contribution is -2.42. The summed E-state index contributed by atoms with van der Waals surface area (Å²) in [5, 5.41) is 11.0. The predicted molar refractivity (Wildman–Crippen MR) is 104 cm³/mol. The van der Waals surface area contributed by atoms with Crippen molar-refractivity contribution in [3.63, 3.8) is 0 Å². The smallest absolute Gasteiger partial charge is 0.366 e. The van der Waals surface area contributed by atoms with Crippen molar-refractivity contribution < 1.29 is 18.0 Å². The van der Waals surface area contributed by atoms with Crippen LogP contribution in [0.4, 0.5) is 24.7 Å². The number of thiophene rings is 1. The van der Waals surface area contributed by atoms with E-state index in [-0.39, 0.29) is 29.0 Å². The molecule has 2 atom stereocenters. The zero-order chi connectivity index (χ0) is 20.6. The van der Waals surface area contributed by atoms with Crippen LogP contribution in [-0.4, -0.2) is 32.6 Å². The Balaban J connectivity index is 1.58. The van der Waals surface area contributed by atoms with Crippen molar-refractivity contribution in [1.29, 1.82) is 0 Å². The van der Waals surface area contributed by atoms with Gasteiger partial charge in [0.1, 0.15) is 16.3 Å². The number of fused-ring (bicyclic) bond motifs is 1. The standard InChI is InChI=1S/C18H19F3N6OS/c19-18(20,21)15-13(6-8-29-15)25-17(28)10-9-23-27-7-5-14(26-16(10)27)24-12-4-2-1-3-11(12)22/h5-9,11-12H,1-4,22H2,(H,24,26)(H,25,28)/t11-,12+/m0/s1. The van der Waals surface area contributed by atoms with Gasteiger partial charge in [0.15, 0.2) is 5.65 Å². The van der Waals surface area contributed by atoms with Gasteiger partial charge in [-0.15, -0.1) is 11.3 Å². The molecule has 11 heteroatoms. The fourth-order valence-corrected chi connectivity index (χ4v) is 4.17. The third-order valence-corrected chi connectivity index (χ3v) is 5.90. The summed E-state index contributed by atoms with van der Waals surface area (Å²) in [6, 6.07) is 3.05. The zero-order valence-electron chi connectivity index (χ0n) is 15.2. The highest BCUT2D eigenvalue weighted by molar-refractivity contribution is 7.10. The van der Waals surface area contributed by atoms with Gasteiger partial charge >= 0.3 is 6.18 Å². The number of nitrogens with two attached hydrogens (primary N) is 1. The van der Waals surface area contributed by atoms with Gasteiger partial charge in [-0.2, -0.15) is 18.3 Å².